The summed E-state index contributed by atoms with van der Waals surface area (Å²) >= 11 is 5.69. The summed E-state index contributed by atoms with van der Waals surface area (Å²) in [5.74, 6) is -0.360. The Hall–Kier alpha value is -1.08. The van der Waals surface area contributed by atoms with Gasteiger partial charge in [-0.25, -0.2) is 9.97 Å². The molecule has 0 radical (unpaired) electrons. The lowest BCUT2D eigenvalue weighted by Gasteiger charge is -2.34. The van der Waals surface area contributed by atoms with Crippen LogP contribution in [0.3, 0.4) is 0 Å². The Morgan fingerprint density at radius 3 is 2.43 bits per heavy atom. The zero-order valence-corrected chi connectivity index (χ0v) is 12.7. The third-order valence-corrected chi connectivity index (χ3v) is 3.69. The second-order valence-corrected chi connectivity index (χ2v) is 5.95. The molecule has 0 unspecified atom stereocenters. The number of halogens is 4. The van der Waals surface area contributed by atoms with Crippen LogP contribution >= 0.6 is 11.6 Å². The van der Waals surface area contributed by atoms with E-state index < -0.39 is 12.0 Å². The van der Waals surface area contributed by atoms with E-state index in [0.29, 0.717) is 19.0 Å². The molecule has 1 aromatic rings. The Kier molecular flexibility index (Phi) is 4.93. The molecular formula is C13H18ClF3N4. The molecule has 8 heteroatoms. The molecule has 4 nitrogen and oxygen atoms in total. The van der Waals surface area contributed by atoms with Crippen molar-refractivity contribution in [3.63, 3.8) is 0 Å². The predicted molar refractivity (Wildman–Crippen MR) is 75.5 cm³/mol. The highest BCUT2D eigenvalue weighted by Crippen LogP contribution is 2.30. The van der Waals surface area contributed by atoms with Crippen LogP contribution in [0, 0.1) is 5.92 Å². The minimum absolute atomic E-state index is 0.178. The molecule has 118 valence electrons. The van der Waals surface area contributed by atoms with E-state index in [4.69, 9.17) is 11.6 Å². The summed E-state index contributed by atoms with van der Waals surface area (Å²) in [6, 6.07) is 1.39. The van der Waals surface area contributed by atoms with Crippen molar-refractivity contribution in [1.29, 1.82) is 0 Å². The highest BCUT2D eigenvalue weighted by Gasteiger charge is 2.36. The third kappa shape index (κ3) is 4.44. The normalized spacial score (nSPS) is 17.6. The maximum absolute atomic E-state index is 12.7. The Balaban J connectivity index is 2.08. The Labute approximate surface area is 126 Å². The number of piperidine rings is 1. The first kappa shape index (κ1) is 16.3. The van der Waals surface area contributed by atoms with Crippen molar-refractivity contribution in [3.8, 4) is 0 Å². The van der Waals surface area contributed by atoms with Gasteiger partial charge in [-0.05, 0) is 32.9 Å². The van der Waals surface area contributed by atoms with Crippen molar-refractivity contribution in [2.75, 3.05) is 38.6 Å². The number of nitrogens with zero attached hydrogens (tertiary/aromatic N) is 4. The second kappa shape index (κ2) is 6.36. The van der Waals surface area contributed by atoms with E-state index in [0.717, 1.165) is 19.4 Å². The van der Waals surface area contributed by atoms with Crippen LogP contribution in [-0.4, -0.2) is 48.6 Å². The fourth-order valence-electron chi connectivity index (χ4n) is 2.56. The summed E-state index contributed by atoms with van der Waals surface area (Å²) in [4.78, 5) is 10.8. The lowest BCUT2D eigenvalue weighted by Crippen LogP contribution is -2.37. The summed E-state index contributed by atoms with van der Waals surface area (Å²) in [5.41, 5.74) is 0. The molecule has 0 spiro atoms. The van der Waals surface area contributed by atoms with E-state index >= 15 is 0 Å². The number of hydrogen-bond acceptors (Lipinski definition) is 4. The second-order valence-electron chi connectivity index (χ2n) is 5.56. The van der Waals surface area contributed by atoms with Gasteiger partial charge in [0.05, 0.1) is 0 Å². The molecule has 1 aliphatic rings. The molecule has 1 aliphatic heterocycles. The lowest BCUT2D eigenvalue weighted by atomic mass is 9.96. The average Bonchev–Trinajstić information content (AvgIpc) is 2.37. The van der Waals surface area contributed by atoms with Gasteiger partial charge in [0, 0.05) is 25.7 Å². The highest BCUT2D eigenvalue weighted by atomic mass is 35.5. The zero-order valence-electron chi connectivity index (χ0n) is 12.0. The molecular weight excluding hydrogens is 305 g/mol. The van der Waals surface area contributed by atoms with Crippen LogP contribution in [0.2, 0.25) is 5.15 Å². The molecule has 0 aromatic carbocycles. The van der Waals surface area contributed by atoms with E-state index in [9.17, 15) is 13.2 Å². The molecule has 1 fully saturated rings. The van der Waals surface area contributed by atoms with Gasteiger partial charge in [0.25, 0.3) is 0 Å². The van der Waals surface area contributed by atoms with Crippen molar-refractivity contribution in [2.24, 2.45) is 5.92 Å². The lowest BCUT2D eigenvalue weighted by molar-refractivity contribution is -0.144. The van der Waals surface area contributed by atoms with Crippen LogP contribution in [0.4, 0.5) is 19.0 Å². The number of aromatic nitrogens is 2. The van der Waals surface area contributed by atoms with E-state index in [-0.39, 0.29) is 11.0 Å². The van der Waals surface area contributed by atoms with Crippen LogP contribution in [0.5, 0.6) is 0 Å². The number of anilines is 1. The molecule has 0 aliphatic carbocycles. The van der Waals surface area contributed by atoms with Crippen molar-refractivity contribution in [1.82, 2.24) is 14.9 Å². The maximum atomic E-state index is 12.7. The molecule has 2 rings (SSSR count). The van der Waals surface area contributed by atoms with Crippen LogP contribution in [0.1, 0.15) is 18.7 Å². The van der Waals surface area contributed by atoms with Crippen molar-refractivity contribution >= 4 is 17.4 Å². The largest absolute Gasteiger partial charge is 0.451 e. The standard InChI is InChI=1S/C13H18ClF3N4/c1-20(2)8-9-3-5-21(6-4-9)11-7-10(14)18-12(19-11)13(15,16)17/h7,9H,3-6,8H2,1-2H3. The third-order valence-electron chi connectivity index (χ3n) is 3.50. The Morgan fingerprint density at radius 2 is 1.90 bits per heavy atom. The topological polar surface area (TPSA) is 32.3 Å². The minimum atomic E-state index is -4.58. The van der Waals surface area contributed by atoms with E-state index in [1.807, 2.05) is 19.0 Å². The van der Waals surface area contributed by atoms with Crippen molar-refractivity contribution in [2.45, 2.75) is 19.0 Å². The maximum Gasteiger partial charge on any atom is 0.451 e. The first-order valence-corrected chi connectivity index (χ1v) is 7.15. The smallest absolute Gasteiger partial charge is 0.356 e. The summed E-state index contributed by atoms with van der Waals surface area (Å²) in [6.45, 7) is 2.36. The van der Waals surface area contributed by atoms with Gasteiger partial charge in [-0.15, -0.1) is 0 Å². The molecule has 0 bridgehead atoms. The van der Waals surface area contributed by atoms with Crippen molar-refractivity contribution in [3.05, 3.63) is 17.0 Å². The van der Waals surface area contributed by atoms with Crippen LogP contribution in [0.25, 0.3) is 0 Å². The summed E-state index contributed by atoms with van der Waals surface area (Å²) in [5, 5.41) is -0.178. The first-order chi connectivity index (χ1) is 9.75. The predicted octanol–water partition coefficient (Wildman–Crippen LogP) is 2.93. The number of hydrogen-bond donors (Lipinski definition) is 0. The molecule has 0 N–H and O–H groups in total. The molecule has 21 heavy (non-hydrogen) atoms. The summed E-state index contributed by atoms with van der Waals surface area (Å²) in [6.07, 6.45) is -2.72. The van der Waals surface area contributed by atoms with Gasteiger partial charge < -0.3 is 9.80 Å². The molecule has 1 aromatic heterocycles. The van der Waals surface area contributed by atoms with E-state index in [1.54, 1.807) is 0 Å². The van der Waals surface area contributed by atoms with Gasteiger partial charge >= 0.3 is 6.18 Å². The number of alkyl halides is 3. The van der Waals surface area contributed by atoms with Gasteiger partial charge in [0.15, 0.2) is 0 Å². The van der Waals surface area contributed by atoms with Gasteiger partial charge in [0.1, 0.15) is 11.0 Å². The van der Waals surface area contributed by atoms with Gasteiger partial charge in [-0.1, -0.05) is 11.6 Å². The Bertz CT molecular complexity index is 485. The molecule has 2 heterocycles. The average molecular weight is 323 g/mol. The van der Waals surface area contributed by atoms with E-state index in [1.165, 1.54) is 6.07 Å². The first-order valence-electron chi connectivity index (χ1n) is 6.77. The molecule has 0 atom stereocenters. The quantitative estimate of drug-likeness (QED) is 0.801. The fraction of sp³-hybridized carbons (Fsp3) is 0.692. The SMILES string of the molecule is CN(C)CC1CCN(c2cc(Cl)nc(C(F)(F)F)n2)CC1. The Morgan fingerprint density at radius 1 is 1.29 bits per heavy atom. The van der Waals surface area contributed by atoms with Gasteiger partial charge in [-0.2, -0.15) is 13.2 Å². The molecule has 0 amide bonds. The van der Waals surface area contributed by atoms with Crippen molar-refractivity contribution < 1.29 is 13.2 Å². The van der Waals surface area contributed by atoms with Crippen LogP contribution in [0.15, 0.2) is 6.07 Å². The minimum Gasteiger partial charge on any atom is -0.356 e. The van der Waals surface area contributed by atoms with Gasteiger partial charge in [0.2, 0.25) is 5.82 Å². The molecule has 1 saturated heterocycles. The fourth-order valence-corrected chi connectivity index (χ4v) is 2.73. The monoisotopic (exact) mass is 322 g/mol. The molecule has 0 saturated carbocycles. The summed E-state index contributed by atoms with van der Waals surface area (Å²) in [7, 11) is 4.04. The summed E-state index contributed by atoms with van der Waals surface area (Å²) < 4.78 is 38.1. The van der Waals surface area contributed by atoms with Gasteiger partial charge in [-0.3, -0.25) is 0 Å². The zero-order chi connectivity index (χ0) is 15.6. The van der Waals surface area contributed by atoms with Crippen LogP contribution in [-0.2, 0) is 6.18 Å². The highest BCUT2D eigenvalue weighted by molar-refractivity contribution is 6.29. The number of rotatable bonds is 3. The van der Waals surface area contributed by atoms with Crippen LogP contribution < -0.4 is 4.90 Å². The van der Waals surface area contributed by atoms with E-state index in [2.05, 4.69) is 14.9 Å².